The Kier molecular flexibility index (Phi) is 4.15. The van der Waals surface area contributed by atoms with Crippen LogP contribution >= 0.6 is 11.8 Å². The fourth-order valence-electron chi connectivity index (χ4n) is 2.53. The topological polar surface area (TPSA) is 78.9 Å². The van der Waals surface area contributed by atoms with Crippen LogP contribution in [0.3, 0.4) is 0 Å². The standard InChI is InChI=1S/C11H19N3O2S/c12-10(13-16)9-3-1-2-5-14(9)11(15)8-4-6-17-7-8/h8-9,16H,1-7H2,(H2,12,13). The van der Waals surface area contributed by atoms with Gasteiger partial charge < -0.3 is 15.8 Å². The van der Waals surface area contributed by atoms with Crippen molar-refractivity contribution >= 4 is 23.5 Å². The molecule has 2 fully saturated rings. The zero-order valence-corrected chi connectivity index (χ0v) is 10.7. The van der Waals surface area contributed by atoms with Crippen LogP contribution in [0.1, 0.15) is 25.7 Å². The molecule has 0 aromatic heterocycles. The third-order valence-corrected chi connectivity index (χ3v) is 4.68. The molecule has 2 unspecified atom stereocenters. The Balaban J connectivity index is 2.07. The summed E-state index contributed by atoms with van der Waals surface area (Å²) in [5.41, 5.74) is 5.68. The predicted octanol–water partition coefficient (Wildman–Crippen LogP) is 0.867. The first kappa shape index (κ1) is 12.5. The number of thioether (sulfide) groups is 1. The van der Waals surface area contributed by atoms with Gasteiger partial charge in [-0.15, -0.1) is 0 Å². The number of oxime groups is 1. The van der Waals surface area contributed by atoms with Crippen LogP contribution in [0.25, 0.3) is 0 Å². The number of piperidine rings is 1. The first-order valence-electron chi connectivity index (χ1n) is 6.09. The van der Waals surface area contributed by atoms with E-state index < -0.39 is 0 Å². The molecule has 1 amide bonds. The van der Waals surface area contributed by atoms with Gasteiger partial charge in [0.05, 0.1) is 6.04 Å². The van der Waals surface area contributed by atoms with Crippen molar-refractivity contribution in [1.82, 2.24) is 4.90 Å². The number of likely N-dealkylation sites (tertiary alicyclic amines) is 1. The molecule has 17 heavy (non-hydrogen) atoms. The third kappa shape index (κ3) is 2.68. The van der Waals surface area contributed by atoms with Crippen LogP contribution in [0.15, 0.2) is 5.16 Å². The average molecular weight is 257 g/mol. The van der Waals surface area contributed by atoms with Gasteiger partial charge in [0.15, 0.2) is 5.84 Å². The SMILES string of the molecule is NC(=NO)C1CCCCN1C(=O)C1CCSC1. The minimum atomic E-state index is -0.202. The van der Waals surface area contributed by atoms with Gasteiger partial charge >= 0.3 is 0 Å². The van der Waals surface area contributed by atoms with Crippen LogP contribution in [-0.2, 0) is 4.79 Å². The van der Waals surface area contributed by atoms with Gasteiger partial charge in [-0.2, -0.15) is 11.8 Å². The molecule has 0 bridgehead atoms. The van der Waals surface area contributed by atoms with Crippen molar-refractivity contribution < 1.29 is 10.0 Å². The van der Waals surface area contributed by atoms with E-state index in [-0.39, 0.29) is 23.7 Å². The molecular formula is C11H19N3O2S. The minimum absolute atomic E-state index is 0.132. The van der Waals surface area contributed by atoms with Gasteiger partial charge in [0.1, 0.15) is 0 Å². The van der Waals surface area contributed by atoms with Crippen LogP contribution in [0.2, 0.25) is 0 Å². The van der Waals surface area contributed by atoms with Crippen molar-refractivity contribution in [2.45, 2.75) is 31.7 Å². The molecule has 2 rings (SSSR count). The Bertz CT molecular complexity index is 316. The average Bonchev–Trinajstić information content (AvgIpc) is 2.91. The maximum Gasteiger partial charge on any atom is 0.227 e. The van der Waals surface area contributed by atoms with E-state index in [0.717, 1.165) is 43.7 Å². The summed E-state index contributed by atoms with van der Waals surface area (Å²) in [5.74, 6) is 2.47. The van der Waals surface area contributed by atoms with E-state index in [0.29, 0.717) is 0 Å². The molecule has 0 aliphatic carbocycles. The normalized spacial score (nSPS) is 30.6. The Morgan fingerprint density at radius 2 is 2.24 bits per heavy atom. The van der Waals surface area contributed by atoms with E-state index in [1.54, 1.807) is 0 Å². The molecule has 0 radical (unpaired) electrons. The lowest BCUT2D eigenvalue weighted by atomic mass is 9.98. The minimum Gasteiger partial charge on any atom is -0.409 e. The van der Waals surface area contributed by atoms with Gasteiger partial charge in [0, 0.05) is 18.2 Å². The highest BCUT2D eigenvalue weighted by molar-refractivity contribution is 7.99. The molecule has 5 nitrogen and oxygen atoms in total. The maximum absolute atomic E-state index is 12.4. The first-order chi connectivity index (χ1) is 8.24. The molecule has 0 aromatic carbocycles. The van der Waals surface area contributed by atoms with Crippen LogP contribution in [0.5, 0.6) is 0 Å². The smallest absolute Gasteiger partial charge is 0.227 e. The number of amidine groups is 1. The highest BCUT2D eigenvalue weighted by Gasteiger charge is 2.34. The fourth-order valence-corrected chi connectivity index (χ4v) is 3.74. The summed E-state index contributed by atoms with van der Waals surface area (Å²) in [6.07, 6.45) is 3.81. The summed E-state index contributed by atoms with van der Waals surface area (Å²) in [7, 11) is 0. The van der Waals surface area contributed by atoms with Crippen LogP contribution in [-0.4, -0.2) is 45.9 Å². The zero-order chi connectivity index (χ0) is 12.3. The molecule has 3 N–H and O–H groups in total. The van der Waals surface area contributed by atoms with Gasteiger partial charge in [-0.25, -0.2) is 0 Å². The van der Waals surface area contributed by atoms with E-state index in [2.05, 4.69) is 5.16 Å². The number of nitrogens with zero attached hydrogens (tertiary/aromatic N) is 2. The molecule has 0 aromatic rings. The van der Waals surface area contributed by atoms with Crippen LogP contribution in [0.4, 0.5) is 0 Å². The zero-order valence-electron chi connectivity index (χ0n) is 9.84. The van der Waals surface area contributed by atoms with Gasteiger partial charge in [0.2, 0.25) is 5.91 Å². The molecule has 6 heteroatoms. The number of hydrogen-bond donors (Lipinski definition) is 2. The second-order valence-corrected chi connectivity index (χ2v) is 5.78. The Morgan fingerprint density at radius 1 is 1.41 bits per heavy atom. The van der Waals surface area contributed by atoms with Crippen molar-refractivity contribution in [1.29, 1.82) is 0 Å². The summed E-state index contributed by atoms with van der Waals surface area (Å²) in [6, 6.07) is -0.202. The van der Waals surface area contributed by atoms with E-state index in [4.69, 9.17) is 10.9 Å². The maximum atomic E-state index is 12.4. The van der Waals surface area contributed by atoms with Crippen molar-refractivity contribution in [3.05, 3.63) is 0 Å². The third-order valence-electron chi connectivity index (χ3n) is 3.52. The number of amides is 1. The number of rotatable bonds is 2. The lowest BCUT2D eigenvalue weighted by molar-refractivity contribution is -0.136. The van der Waals surface area contributed by atoms with Crippen molar-refractivity contribution in [2.75, 3.05) is 18.1 Å². The molecule has 0 saturated carbocycles. The van der Waals surface area contributed by atoms with E-state index >= 15 is 0 Å². The van der Waals surface area contributed by atoms with Gasteiger partial charge in [-0.1, -0.05) is 5.16 Å². The molecule has 2 aliphatic rings. The lowest BCUT2D eigenvalue weighted by Gasteiger charge is -2.36. The van der Waals surface area contributed by atoms with Crippen LogP contribution in [0, 0.1) is 5.92 Å². The van der Waals surface area contributed by atoms with Crippen LogP contribution < -0.4 is 5.73 Å². The van der Waals surface area contributed by atoms with Gasteiger partial charge in [-0.05, 0) is 31.4 Å². The van der Waals surface area contributed by atoms with Gasteiger partial charge in [0.25, 0.3) is 0 Å². The van der Waals surface area contributed by atoms with E-state index in [9.17, 15) is 4.79 Å². The highest BCUT2D eigenvalue weighted by Crippen LogP contribution is 2.28. The number of nitrogens with two attached hydrogens (primary N) is 1. The van der Waals surface area contributed by atoms with E-state index in [1.165, 1.54) is 0 Å². The summed E-state index contributed by atoms with van der Waals surface area (Å²) in [4.78, 5) is 14.2. The Hall–Kier alpha value is -0.910. The molecule has 2 heterocycles. The summed E-state index contributed by atoms with van der Waals surface area (Å²) in [5, 5.41) is 11.8. The first-order valence-corrected chi connectivity index (χ1v) is 7.25. The predicted molar refractivity (Wildman–Crippen MR) is 68.2 cm³/mol. The van der Waals surface area contributed by atoms with Gasteiger partial charge in [-0.3, -0.25) is 4.79 Å². The molecule has 0 spiro atoms. The van der Waals surface area contributed by atoms with Crippen molar-refractivity contribution in [3.63, 3.8) is 0 Å². The molecule has 2 aliphatic heterocycles. The molecule has 2 saturated heterocycles. The molecule has 96 valence electrons. The largest absolute Gasteiger partial charge is 0.409 e. The number of carbonyl (C=O) groups is 1. The van der Waals surface area contributed by atoms with E-state index in [1.807, 2.05) is 16.7 Å². The quantitative estimate of drug-likeness (QED) is 0.333. The monoisotopic (exact) mass is 257 g/mol. The number of carbonyl (C=O) groups excluding carboxylic acids is 1. The Morgan fingerprint density at radius 3 is 2.88 bits per heavy atom. The summed E-state index contributed by atoms with van der Waals surface area (Å²) in [6.45, 7) is 0.737. The molecule has 2 atom stereocenters. The summed E-state index contributed by atoms with van der Waals surface area (Å²) < 4.78 is 0. The Labute approximate surface area is 105 Å². The second-order valence-electron chi connectivity index (χ2n) is 4.63. The lowest BCUT2D eigenvalue weighted by Crippen LogP contribution is -2.52. The molecular weight excluding hydrogens is 238 g/mol. The number of hydrogen-bond acceptors (Lipinski definition) is 4. The van der Waals surface area contributed by atoms with Crippen molar-refractivity contribution in [3.8, 4) is 0 Å². The highest BCUT2D eigenvalue weighted by atomic mass is 32.2. The summed E-state index contributed by atoms with van der Waals surface area (Å²) >= 11 is 1.83. The van der Waals surface area contributed by atoms with Crippen molar-refractivity contribution in [2.24, 2.45) is 16.8 Å². The second kappa shape index (κ2) is 5.62. The fraction of sp³-hybridized carbons (Fsp3) is 0.818.